The predicted octanol–water partition coefficient (Wildman–Crippen LogP) is 3.63. The quantitative estimate of drug-likeness (QED) is 0.909. The van der Waals surface area contributed by atoms with Gasteiger partial charge in [-0.3, -0.25) is 9.59 Å². The van der Waals surface area contributed by atoms with Crippen LogP contribution in [0.4, 0.5) is 5.69 Å². The Morgan fingerprint density at radius 1 is 1.20 bits per heavy atom. The summed E-state index contributed by atoms with van der Waals surface area (Å²) in [4.78, 5) is 26.4. The summed E-state index contributed by atoms with van der Waals surface area (Å²) in [6, 6.07) is 13.5. The molecule has 2 aromatic rings. The van der Waals surface area contributed by atoms with E-state index in [1.807, 2.05) is 50.2 Å². The van der Waals surface area contributed by atoms with E-state index in [9.17, 15) is 9.59 Å². The van der Waals surface area contributed by atoms with Gasteiger partial charge in [0.15, 0.2) is 0 Å². The summed E-state index contributed by atoms with van der Waals surface area (Å²) in [7, 11) is 0. The molecule has 1 atom stereocenters. The number of hydrogen-bond acceptors (Lipinski definition) is 2. The van der Waals surface area contributed by atoms with Crippen LogP contribution in [0, 0.1) is 19.8 Å². The summed E-state index contributed by atoms with van der Waals surface area (Å²) in [6.45, 7) is 4.80. The first-order chi connectivity index (χ1) is 12.0. The molecule has 1 aliphatic heterocycles. The Morgan fingerprint density at radius 2 is 1.96 bits per heavy atom. The standard InChI is InChI=1S/C20H21ClN2O2/c1-13-5-3-4-6-15(13)11-22-20(25)16-9-19(24)23(12-16)17-8-7-14(2)18(21)10-17/h3-8,10,16H,9,11-12H2,1-2H3,(H,22,25). The monoisotopic (exact) mass is 356 g/mol. The number of nitrogens with one attached hydrogen (secondary N) is 1. The van der Waals surface area contributed by atoms with Crippen molar-refractivity contribution < 1.29 is 9.59 Å². The maximum Gasteiger partial charge on any atom is 0.227 e. The lowest BCUT2D eigenvalue weighted by Gasteiger charge is -2.17. The lowest BCUT2D eigenvalue weighted by Crippen LogP contribution is -2.32. The van der Waals surface area contributed by atoms with E-state index in [-0.39, 0.29) is 24.2 Å². The van der Waals surface area contributed by atoms with Crippen LogP contribution in [0.15, 0.2) is 42.5 Å². The molecule has 5 heteroatoms. The molecule has 1 heterocycles. The van der Waals surface area contributed by atoms with Crippen LogP contribution in [0.25, 0.3) is 0 Å². The van der Waals surface area contributed by atoms with Gasteiger partial charge >= 0.3 is 0 Å². The van der Waals surface area contributed by atoms with Crippen LogP contribution >= 0.6 is 11.6 Å². The first-order valence-electron chi connectivity index (χ1n) is 8.34. The van der Waals surface area contributed by atoms with Gasteiger partial charge in [0.2, 0.25) is 11.8 Å². The summed E-state index contributed by atoms with van der Waals surface area (Å²) in [5.74, 6) is -0.468. The molecular weight excluding hydrogens is 336 g/mol. The molecule has 3 rings (SSSR count). The van der Waals surface area contributed by atoms with Crippen molar-refractivity contribution >= 4 is 29.1 Å². The van der Waals surface area contributed by atoms with E-state index in [1.165, 1.54) is 0 Å². The molecule has 25 heavy (non-hydrogen) atoms. The number of carbonyl (C=O) groups excluding carboxylic acids is 2. The van der Waals surface area contributed by atoms with E-state index in [1.54, 1.807) is 11.0 Å². The predicted molar refractivity (Wildman–Crippen MR) is 99.7 cm³/mol. The Balaban J connectivity index is 1.64. The summed E-state index contributed by atoms with van der Waals surface area (Å²) in [5.41, 5.74) is 3.93. The third-order valence-corrected chi connectivity index (χ3v) is 5.08. The minimum absolute atomic E-state index is 0.0454. The van der Waals surface area contributed by atoms with Gasteiger partial charge in [-0.15, -0.1) is 0 Å². The zero-order valence-electron chi connectivity index (χ0n) is 14.4. The summed E-state index contributed by atoms with van der Waals surface area (Å²) < 4.78 is 0. The van der Waals surface area contributed by atoms with Crippen molar-refractivity contribution in [1.82, 2.24) is 5.32 Å². The Labute approximate surface area is 152 Å². The van der Waals surface area contributed by atoms with Crippen molar-refractivity contribution in [2.75, 3.05) is 11.4 Å². The van der Waals surface area contributed by atoms with Gasteiger partial charge in [0, 0.05) is 30.2 Å². The van der Waals surface area contributed by atoms with Crippen molar-refractivity contribution in [2.24, 2.45) is 5.92 Å². The second-order valence-corrected chi connectivity index (χ2v) is 6.89. The van der Waals surface area contributed by atoms with E-state index in [4.69, 9.17) is 11.6 Å². The molecule has 0 radical (unpaired) electrons. The first-order valence-corrected chi connectivity index (χ1v) is 8.72. The van der Waals surface area contributed by atoms with Crippen molar-refractivity contribution in [3.05, 3.63) is 64.2 Å². The molecule has 1 N–H and O–H groups in total. The number of nitrogens with zero attached hydrogens (tertiary/aromatic N) is 1. The van der Waals surface area contributed by atoms with Gasteiger partial charge in [-0.25, -0.2) is 0 Å². The zero-order valence-corrected chi connectivity index (χ0v) is 15.1. The second-order valence-electron chi connectivity index (χ2n) is 6.48. The summed E-state index contributed by atoms with van der Waals surface area (Å²) in [5, 5.41) is 3.57. The molecule has 0 bridgehead atoms. The topological polar surface area (TPSA) is 49.4 Å². The highest BCUT2D eigenvalue weighted by atomic mass is 35.5. The Hall–Kier alpha value is -2.33. The van der Waals surface area contributed by atoms with Crippen LogP contribution in [0.5, 0.6) is 0 Å². The molecule has 4 nitrogen and oxygen atoms in total. The summed E-state index contributed by atoms with van der Waals surface area (Å²) >= 11 is 6.15. The molecule has 2 amide bonds. The second kappa shape index (κ2) is 7.28. The van der Waals surface area contributed by atoms with E-state index < -0.39 is 0 Å². The van der Waals surface area contributed by atoms with Crippen LogP contribution in [-0.2, 0) is 16.1 Å². The highest BCUT2D eigenvalue weighted by Gasteiger charge is 2.35. The number of carbonyl (C=O) groups is 2. The molecule has 1 fully saturated rings. The van der Waals surface area contributed by atoms with E-state index in [0.29, 0.717) is 18.1 Å². The maximum atomic E-state index is 12.5. The van der Waals surface area contributed by atoms with Gasteiger partial charge in [0.1, 0.15) is 0 Å². The van der Waals surface area contributed by atoms with E-state index in [0.717, 1.165) is 22.4 Å². The normalized spacial score (nSPS) is 17.0. The Kier molecular flexibility index (Phi) is 5.09. The van der Waals surface area contributed by atoms with Crippen molar-refractivity contribution in [3.63, 3.8) is 0 Å². The fraction of sp³-hybridized carbons (Fsp3) is 0.300. The average Bonchev–Trinajstić information content (AvgIpc) is 2.98. The van der Waals surface area contributed by atoms with Crippen LogP contribution < -0.4 is 10.2 Å². The lowest BCUT2D eigenvalue weighted by molar-refractivity contribution is -0.126. The van der Waals surface area contributed by atoms with E-state index in [2.05, 4.69) is 5.32 Å². The molecule has 1 saturated heterocycles. The minimum Gasteiger partial charge on any atom is -0.352 e. The molecule has 1 aliphatic rings. The van der Waals surface area contributed by atoms with Gasteiger partial charge in [0.05, 0.1) is 5.92 Å². The fourth-order valence-corrected chi connectivity index (χ4v) is 3.19. The van der Waals surface area contributed by atoms with Gasteiger partial charge in [0.25, 0.3) is 0 Å². The van der Waals surface area contributed by atoms with Crippen molar-refractivity contribution in [1.29, 1.82) is 0 Å². The van der Waals surface area contributed by atoms with Crippen LogP contribution in [0.3, 0.4) is 0 Å². The SMILES string of the molecule is Cc1ccc(N2CC(C(=O)NCc3ccccc3C)CC2=O)cc1Cl. The molecule has 2 aromatic carbocycles. The molecule has 0 aromatic heterocycles. The third kappa shape index (κ3) is 3.85. The molecule has 130 valence electrons. The maximum absolute atomic E-state index is 12.5. The lowest BCUT2D eigenvalue weighted by atomic mass is 10.1. The van der Waals surface area contributed by atoms with Gasteiger partial charge in [-0.1, -0.05) is 41.9 Å². The highest BCUT2D eigenvalue weighted by molar-refractivity contribution is 6.31. The molecule has 0 aliphatic carbocycles. The number of benzene rings is 2. The number of halogens is 1. The van der Waals surface area contributed by atoms with Crippen LogP contribution in [-0.4, -0.2) is 18.4 Å². The zero-order chi connectivity index (χ0) is 18.0. The molecule has 1 unspecified atom stereocenters. The number of amides is 2. The number of aryl methyl sites for hydroxylation is 2. The van der Waals surface area contributed by atoms with Gasteiger partial charge < -0.3 is 10.2 Å². The van der Waals surface area contributed by atoms with Crippen LogP contribution in [0.2, 0.25) is 5.02 Å². The minimum atomic E-state index is -0.336. The number of anilines is 1. The largest absolute Gasteiger partial charge is 0.352 e. The van der Waals surface area contributed by atoms with E-state index >= 15 is 0 Å². The highest BCUT2D eigenvalue weighted by Crippen LogP contribution is 2.28. The third-order valence-electron chi connectivity index (χ3n) is 4.68. The Morgan fingerprint density at radius 3 is 2.68 bits per heavy atom. The molecule has 0 saturated carbocycles. The van der Waals surface area contributed by atoms with Crippen molar-refractivity contribution in [2.45, 2.75) is 26.8 Å². The molecule has 0 spiro atoms. The van der Waals surface area contributed by atoms with Crippen LogP contribution in [0.1, 0.15) is 23.1 Å². The average molecular weight is 357 g/mol. The van der Waals surface area contributed by atoms with Gasteiger partial charge in [-0.2, -0.15) is 0 Å². The fourth-order valence-electron chi connectivity index (χ4n) is 3.02. The number of hydrogen-bond donors (Lipinski definition) is 1. The smallest absolute Gasteiger partial charge is 0.227 e. The summed E-state index contributed by atoms with van der Waals surface area (Å²) in [6.07, 6.45) is 0.227. The van der Waals surface area contributed by atoms with Gasteiger partial charge in [-0.05, 0) is 42.7 Å². The molecular formula is C20H21ClN2O2. The number of rotatable bonds is 4. The Bertz CT molecular complexity index is 819. The van der Waals surface area contributed by atoms with Crippen molar-refractivity contribution in [3.8, 4) is 0 Å². The first kappa shape index (κ1) is 17.5.